The summed E-state index contributed by atoms with van der Waals surface area (Å²) >= 11 is 6.06. The van der Waals surface area contributed by atoms with Gasteiger partial charge in [0.25, 0.3) is 0 Å². The zero-order chi connectivity index (χ0) is 16.8. The standard InChI is InChI=1S/C17H23ClN2O3/c1-3-19-16(21)13-7-5-9-20(11-13)15(17(22)23-2)12-6-4-8-14(18)10-12/h4,6,8,10,13,15H,3,5,7,9,11H2,1-2H3,(H,19,21)/t13-,15+/m1/s1. The first kappa shape index (κ1) is 17.8. The Bertz CT molecular complexity index is 565. The number of halogens is 1. The highest BCUT2D eigenvalue weighted by molar-refractivity contribution is 6.30. The van der Waals surface area contributed by atoms with E-state index in [1.165, 1.54) is 7.11 Å². The quantitative estimate of drug-likeness (QED) is 0.838. The minimum Gasteiger partial charge on any atom is -0.468 e. The van der Waals surface area contributed by atoms with E-state index < -0.39 is 6.04 Å². The molecule has 0 radical (unpaired) electrons. The number of nitrogens with one attached hydrogen (secondary N) is 1. The predicted octanol–water partition coefficient (Wildman–Crippen LogP) is 2.40. The predicted molar refractivity (Wildman–Crippen MR) is 89.2 cm³/mol. The van der Waals surface area contributed by atoms with Gasteiger partial charge in [-0.25, -0.2) is 4.79 Å². The molecule has 0 spiro atoms. The van der Waals surface area contributed by atoms with Crippen molar-refractivity contribution in [2.24, 2.45) is 5.92 Å². The number of hydrogen-bond donors (Lipinski definition) is 1. The fourth-order valence-electron chi connectivity index (χ4n) is 3.06. The van der Waals surface area contributed by atoms with E-state index in [-0.39, 0.29) is 17.8 Å². The van der Waals surface area contributed by atoms with Crippen LogP contribution >= 0.6 is 11.6 Å². The number of rotatable bonds is 5. The van der Waals surface area contributed by atoms with Crippen molar-refractivity contribution < 1.29 is 14.3 Å². The van der Waals surface area contributed by atoms with Crippen LogP contribution in [0.2, 0.25) is 5.02 Å². The molecule has 126 valence electrons. The first-order valence-corrected chi connectivity index (χ1v) is 8.29. The molecule has 2 atom stereocenters. The van der Waals surface area contributed by atoms with Gasteiger partial charge in [-0.1, -0.05) is 23.7 Å². The van der Waals surface area contributed by atoms with Gasteiger partial charge in [-0.15, -0.1) is 0 Å². The molecule has 1 aliphatic rings. The van der Waals surface area contributed by atoms with Crippen molar-refractivity contribution in [3.05, 3.63) is 34.9 Å². The average molecular weight is 339 g/mol. The fourth-order valence-corrected chi connectivity index (χ4v) is 3.26. The van der Waals surface area contributed by atoms with E-state index >= 15 is 0 Å². The molecule has 1 amide bonds. The van der Waals surface area contributed by atoms with Crippen LogP contribution < -0.4 is 5.32 Å². The first-order chi connectivity index (χ1) is 11.1. The number of piperidine rings is 1. The van der Waals surface area contributed by atoms with E-state index in [2.05, 4.69) is 5.32 Å². The third-order valence-corrected chi connectivity index (χ3v) is 4.36. The normalized spacial score (nSPS) is 19.9. The molecule has 0 unspecified atom stereocenters. The van der Waals surface area contributed by atoms with Gasteiger partial charge in [0.15, 0.2) is 0 Å². The highest BCUT2D eigenvalue weighted by Crippen LogP contribution is 2.29. The summed E-state index contributed by atoms with van der Waals surface area (Å²) in [5, 5.41) is 3.44. The SMILES string of the molecule is CCNC(=O)[C@@H]1CCCN([C@H](C(=O)OC)c2cccc(Cl)c2)C1. The van der Waals surface area contributed by atoms with E-state index in [9.17, 15) is 9.59 Å². The number of likely N-dealkylation sites (tertiary alicyclic amines) is 1. The average Bonchev–Trinajstić information content (AvgIpc) is 2.55. The monoisotopic (exact) mass is 338 g/mol. The molecule has 6 heteroatoms. The fraction of sp³-hybridized carbons (Fsp3) is 0.529. The maximum atomic E-state index is 12.3. The third kappa shape index (κ3) is 4.45. The van der Waals surface area contributed by atoms with Gasteiger partial charge in [0.05, 0.1) is 13.0 Å². The lowest BCUT2D eigenvalue weighted by atomic mass is 9.94. The smallest absolute Gasteiger partial charge is 0.327 e. The molecular formula is C17H23ClN2O3. The van der Waals surface area contributed by atoms with E-state index in [1.54, 1.807) is 12.1 Å². The van der Waals surface area contributed by atoms with Crippen LogP contribution in [0.15, 0.2) is 24.3 Å². The van der Waals surface area contributed by atoms with Crippen LogP contribution in [0.1, 0.15) is 31.4 Å². The second kappa shape index (κ2) is 8.31. The third-order valence-electron chi connectivity index (χ3n) is 4.13. The molecule has 1 fully saturated rings. The maximum Gasteiger partial charge on any atom is 0.327 e. The summed E-state index contributed by atoms with van der Waals surface area (Å²) in [6, 6.07) is 6.70. The Hall–Kier alpha value is -1.59. The van der Waals surface area contributed by atoms with Crippen molar-refractivity contribution in [3.8, 4) is 0 Å². The van der Waals surface area contributed by atoms with Crippen molar-refractivity contribution in [1.29, 1.82) is 0 Å². The minimum atomic E-state index is -0.532. The van der Waals surface area contributed by atoms with Crippen LogP contribution in [0.5, 0.6) is 0 Å². The van der Waals surface area contributed by atoms with Gasteiger partial charge < -0.3 is 10.1 Å². The molecule has 0 aliphatic carbocycles. The lowest BCUT2D eigenvalue weighted by Crippen LogP contribution is -2.46. The van der Waals surface area contributed by atoms with Crippen LogP contribution in [-0.2, 0) is 14.3 Å². The van der Waals surface area contributed by atoms with Gasteiger partial charge in [0, 0.05) is 18.1 Å². The molecule has 0 aromatic heterocycles. The van der Waals surface area contributed by atoms with Crippen LogP contribution in [-0.4, -0.2) is 43.5 Å². The van der Waals surface area contributed by atoms with Crippen molar-refractivity contribution >= 4 is 23.5 Å². The van der Waals surface area contributed by atoms with Crippen LogP contribution in [0.4, 0.5) is 0 Å². The van der Waals surface area contributed by atoms with E-state index in [4.69, 9.17) is 16.3 Å². The second-order valence-corrected chi connectivity index (χ2v) is 6.15. The number of benzene rings is 1. The Kier molecular flexibility index (Phi) is 6.42. The molecule has 1 aromatic rings. The first-order valence-electron chi connectivity index (χ1n) is 7.91. The highest BCUT2D eigenvalue weighted by Gasteiger charge is 2.34. The number of carbonyl (C=O) groups is 2. The molecule has 0 saturated carbocycles. The maximum absolute atomic E-state index is 12.3. The van der Waals surface area contributed by atoms with E-state index in [1.807, 2.05) is 24.0 Å². The van der Waals surface area contributed by atoms with Gasteiger partial charge >= 0.3 is 5.97 Å². The largest absolute Gasteiger partial charge is 0.468 e. The van der Waals surface area contributed by atoms with Crippen molar-refractivity contribution in [2.45, 2.75) is 25.8 Å². The molecule has 1 N–H and O–H groups in total. The summed E-state index contributed by atoms with van der Waals surface area (Å²) < 4.78 is 4.98. The summed E-state index contributed by atoms with van der Waals surface area (Å²) in [4.78, 5) is 26.5. The van der Waals surface area contributed by atoms with Crippen molar-refractivity contribution in [1.82, 2.24) is 10.2 Å². The molecule has 1 aliphatic heterocycles. The topological polar surface area (TPSA) is 58.6 Å². The lowest BCUT2D eigenvalue weighted by molar-refractivity contribution is -0.149. The second-order valence-electron chi connectivity index (χ2n) is 5.71. The Morgan fingerprint density at radius 1 is 1.48 bits per heavy atom. The number of hydrogen-bond acceptors (Lipinski definition) is 4. The van der Waals surface area contributed by atoms with Gasteiger partial charge in [-0.05, 0) is 44.0 Å². The molecule has 1 heterocycles. The zero-order valence-electron chi connectivity index (χ0n) is 13.5. The number of methoxy groups -OCH3 is 1. The van der Waals surface area contributed by atoms with Crippen molar-refractivity contribution in [3.63, 3.8) is 0 Å². The number of amides is 1. The van der Waals surface area contributed by atoms with Gasteiger partial charge in [-0.3, -0.25) is 9.69 Å². The molecule has 1 saturated heterocycles. The summed E-state index contributed by atoms with van der Waals surface area (Å²) in [6.07, 6.45) is 1.71. The molecule has 1 aromatic carbocycles. The van der Waals surface area contributed by atoms with Crippen LogP contribution in [0, 0.1) is 5.92 Å². The molecule has 0 bridgehead atoms. The van der Waals surface area contributed by atoms with Gasteiger partial charge in [0.2, 0.25) is 5.91 Å². The summed E-state index contributed by atoms with van der Waals surface area (Å²) in [5.74, 6) is -0.384. The summed E-state index contributed by atoms with van der Waals surface area (Å²) in [5.41, 5.74) is 0.792. The Labute approximate surface area is 141 Å². The molecule has 2 rings (SSSR count). The van der Waals surface area contributed by atoms with Crippen molar-refractivity contribution in [2.75, 3.05) is 26.7 Å². The number of nitrogens with zero attached hydrogens (tertiary/aromatic N) is 1. The Morgan fingerprint density at radius 2 is 2.26 bits per heavy atom. The minimum absolute atomic E-state index is 0.0481. The van der Waals surface area contributed by atoms with Crippen LogP contribution in [0.25, 0.3) is 0 Å². The zero-order valence-corrected chi connectivity index (χ0v) is 14.3. The van der Waals surface area contributed by atoms with E-state index in [0.29, 0.717) is 18.1 Å². The molecule has 23 heavy (non-hydrogen) atoms. The Morgan fingerprint density at radius 3 is 2.91 bits per heavy atom. The van der Waals surface area contributed by atoms with Gasteiger partial charge in [-0.2, -0.15) is 0 Å². The number of ether oxygens (including phenoxy) is 1. The molecular weight excluding hydrogens is 316 g/mol. The summed E-state index contributed by atoms with van der Waals surface area (Å²) in [6.45, 7) is 3.81. The number of esters is 1. The highest BCUT2D eigenvalue weighted by atomic mass is 35.5. The van der Waals surface area contributed by atoms with Crippen LogP contribution in [0.3, 0.4) is 0 Å². The van der Waals surface area contributed by atoms with Gasteiger partial charge in [0.1, 0.15) is 6.04 Å². The number of carbonyl (C=O) groups excluding carboxylic acids is 2. The Balaban J connectivity index is 2.22. The molecule has 5 nitrogen and oxygen atoms in total. The van der Waals surface area contributed by atoms with E-state index in [0.717, 1.165) is 24.9 Å². The summed E-state index contributed by atoms with van der Waals surface area (Å²) in [7, 11) is 1.38. The lowest BCUT2D eigenvalue weighted by Gasteiger charge is -2.36.